The van der Waals surface area contributed by atoms with Crippen molar-refractivity contribution >= 4 is 34.2 Å². The lowest BCUT2D eigenvalue weighted by atomic mass is 9.89. The largest absolute Gasteiger partial charge is 0.393 e. The van der Waals surface area contributed by atoms with Crippen LogP contribution in [0.3, 0.4) is 0 Å². The van der Waals surface area contributed by atoms with E-state index in [4.69, 9.17) is 4.98 Å². The molecule has 2 N–H and O–H groups in total. The molecule has 0 bridgehead atoms. The lowest BCUT2D eigenvalue weighted by Crippen LogP contribution is -2.37. The molecule has 188 valence electrons. The molecule has 3 aromatic rings. The number of aromatic nitrogens is 4. The van der Waals surface area contributed by atoms with Crippen LogP contribution in [0.4, 0.5) is 5.95 Å². The van der Waals surface area contributed by atoms with Crippen LogP contribution in [0, 0.1) is 0 Å². The number of carbonyl (C=O) groups is 1. The fourth-order valence-corrected chi connectivity index (χ4v) is 6.25. The normalized spacial score (nSPS) is 22.4. The molecular formula is C26H36N6O2S. The number of aliphatic hydroxyl groups excluding tert-OH is 1. The van der Waals surface area contributed by atoms with E-state index in [9.17, 15) is 9.90 Å². The summed E-state index contributed by atoms with van der Waals surface area (Å²) >= 11 is 1.41. The van der Waals surface area contributed by atoms with Crippen LogP contribution in [-0.2, 0) is 0 Å². The molecule has 3 aromatic heterocycles. The zero-order valence-electron chi connectivity index (χ0n) is 20.7. The molecule has 1 saturated carbocycles. The van der Waals surface area contributed by atoms with E-state index >= 15 is 0 Å². The van der Waals surface area contributed by atoms with Gasteiger partial charge in [0.25, 0.3) is 5.91 Å². The van der Waals surface area contributed by atoms with E-state index in [0.717, 1.165) is 75.5 Å². The van der Waals surface area contributed by atoms with Crippen LogP contribution in [0.15, 0.2) is 24.0 Å². The number of fused-ring (bicyclic) bond motifs is 1. The number of nitrogens with one attached hydrogen (secondary N) is 1. The highest BCUT2D eigenvalue weighted by atomic mass is 32.1. The summed E-state index contributed by atoms with van der Waals surface area (Å²) in [4.78, 5) is 28.6. The maximum atomic E-state index is 12.7. The minimum Gasteiger partial charge on any atom is -0.393 e. The summed E-state index contributed by atoms with van der Waals surface area (Å²) in [6.45, 7) is 5.83. The first-order chi connectivity index (χ1) is 17.0. The molecule has 0 radical (unpaired) electrons. The van der Waals surface area contributed by atoms with Crippen molar-refractivity contribution in [3.8, 4) is 0 Å². The highest BCUT2D eigenvalue weighted by Gasteiger charge is 2.30. The SMILES string of the molecule is CCCC(C)Nc1ncc2c(C3CCN(C(=O)c4nccs4)CC3)cn(C3CCC(O)CC3)c2n1. The summed E-state index contributed by atoms with van der Waals surface area (Å²) in [6, 6.07) is 0.668. The maximum Gasteiger partial charge on any atom is 0.282 e. The number of piperidine rings is 1. The Balaban J connectivity index is 1.40. The van der Waals surface area contributed by atoms with Gasteiger partial charge in [-0.25, -0.2) is 9.97 Å². The summed E-state index contributed by atoms with van der Waals surface area (Å²) in [7, 11) is 0. The number of hydrogen-bond acceptors (Lipinski definition) is 7. The molecule has 1 unspecified atom stereocenters. The minimum absolute atomic E-state index is 0.0434. The molecule has 1 aliphatic heterocycles. The van der Waals surface area contributed by atoms with Gasteiger partial charge in [-0.3, -0.25) is 4.79 Å². The summed E-state index contributed by atoms with van der Waals surface area (Å²) in [5.41, 5.74) is 2.28. The maximum absolute atomic E-state index is 12.7. The second kappa shape index (κ2) is 10.6. The van der Waals surface area contributed by atoms with Crippen LogP contribution in [0.5, 0.6) is 0 Å². The molecule has 1 aliphatic carbocycles. The van der Waals surface area contributed by atoms with Crippen molar-refractivity contribution in [2.75, 3.05) is 18.4 Å². The number of nitrogens with zero attached hydrogens (tertiary/aromatic N) is 5. The number of likely N-dealkylation sites (tertiary alicyclic amines) is 1. The van der Waals surface area contributed by atoms with Gasteiger partial charge in [0.1, 0.15) is 5.65 Å². The second-order valence-corrected chi connectivity index (χ2v) is 11.0. The molecule has 8 nitrogen and oxygen atoms in total. The van der Waals surface area contributed by atoms with Crippen LogP contribution >= 0.6 is 11.3 Å². The number of hydrogen-bond donors (Lipinski definition) is 2. The van der Waals surface area contributed by atoms with Crippen molar-refractivity contribution in [2.24, 2.45) is 0 Å². The Hall–Kier alpha value is -2.52. The number of anilines is 1. The Kier molecular flexibility index (Phi) is 7.34. The zero-order chi connectivity index (χ0) is 24.4. The predicted octanol–water partition coefficient (Wildman–Crippen LogP) is 4.98. The summed E-state index contributed by atoms with van der Waals surface area (Å²) in [6.07, 6.45) is 13.4. The van der Waals surface area contributed by atoms with Crippen molar-refractivity contribution in [1.29, 1.82) is 0 Å². The van der Waals surface area contributed by atoms with Crippen LogP contribution in [0.1, 0.15) is 92.5 Å². The van der Waals surface area contributed by atoms with Gasteiger partial charge in [0.2, 0.25) is 5.95 Å². The van der Waals surface area contributed by atoms with Gasteiger partial charge in [0.05, 0.1) is 6.10 Å². The van der Waals surface area contributed by atoms with Crippen LogP contribution in [0.2, 0.25) is 0 Å². The number of rotatable bonds is 7. The van der Waals surface area contributed by atoms with Gasteiger partial charge in [-0.05, 0) is 63.4 Å². The quantitative estimate of drug-likeness (QED) is 0.479. The van der Waals surface area contributed by atoms with Crippen molar-refractivity contribution < 1.29 is 9.90 Å². The van der Waals surface area contributed by atoms with Crippen LogP contribution in [-0.4, -0.2) is 60.7 Å². The highest BCUT2D eigenvalue weighted by Crippen LogP contribution is 2.38. The highest BCUT2D eigenvalue weighted by molar-refractivity contribution is 7.11. The standard InChI is InChI=1S/C26H36N6O2S/c1-3-4-17(2)29-26-28-15-21-22(16-32(23(21)30-26)19-5-7-20(33)8-6-19)18-9-12-31(13-10-18)25(34)24-27-11-14-35-24/h11,14-20,33H,3-10,12-13H2,1-2H3,(H,28,29,30). The van der Waals surface area contributed by atoms with E-state index in [1.165, 1.54) is 16.9 Å². The first kappa shape index (κ1) is 24.2. The average Bonchev–Trinajstić information content (AvgIpc) is 3.53. The van der Waals surface area contributed by atoms with Crippen LogP contribution in [0.25, 0.3) is 11.0 Å². The third-order valence-corrected chi connectivity index (χ3v) is 8.36. The number of amides is 1. The van der Waals surface area contributed by atoms with Gasteiger partial charge < -0.3 is 19.9 Å². The van der Waals surface area contributed by atoms with Gasteiger partial charge in [0, 0.05) is 54.5 Å². The Morgan fingerprint density at radius 1 is 1.20 bits per heavy atom. The molecule has 1 atom stereocenters. The van der Waals surface area contributed by atoms with E-state index in [2.05, 4.69) is 39.9 Å². The topological polar surface area (TPSA) is 96.2 Å². The van der Waals surface area contributed by atoms with Crippen molar-refractivity contribution in [2.45, 2.75) is 89.3 Å². The van der Waals surface area contributed by atoms with Gasteiger partial charge in [-0.15, -0.1) is 11.3 Å². The number of carbonyl (C=O) groups excluding carboxylic acids is 1. The Morgan fingerprint density at radius 3 is 2.66 bits per heavy atom. The monoisotopic (exact) mass is 496 g/mol. The molecule has 2 aliphatic rings. The third-order valence-electron chi connectivity index (χ3n) is 7.60. The molecule has 35 heavy (non-hydrogen) atoms. The molecule has 0 spiro atoms. The van der Waals surface area contributed by atoms with E-state index in [1.54, 1.807) is 6.20 Å². The Morgan fingerprint density at radius 2 is 1.97 bits per heavy atom. The second-order valence-electron chi connectivity index (χ2n) is 10.1. The van der Waals surface area contributed by atoms with Gasteiger partial charge >= 0.3 is 0 Å². The molecule has 9 heteroatoms. The predicted molar refractivity (Wildman–Crippen MR) is 139 cm³/mol. The first-order valence-corrected chi connectivity index (χ1v) is 13.9. The van der Waals surface area contributed by atoms with E-state index in [-0.39, 0.29) is 12.0 Å². The van der Waals surface area contributed by atoms with Crippen molar-refractivity contribution in [3.63, 3.8) is 0 Å². The molecule has 1 amide bonds. The first-order valence-electron chi connectivity index (χ1n) is 13.0. The number of thiazole rings is 1. The van der Waals surface area contributed by atoms with E-state index in [1.807, 2.05) is 16.5 Å². The lowest BCUT2D eigenvalue weighted by Gasteiger charge is -2.31. The molecule has 1 saturated heterocycles. The fourth-order valence-electron chi connectivity index (χ4n) is 5.65. The molecule has 0 aromatic carbocycles. The summed E-state index contributed by atoms with van der Waals surface area (Å²) in [5.74, 6) is 1.10. The van der Waals surface area contributed by atoms with Gasteiger partial charge in [0.15, 0.2) is 5.01 Å². The third kappa shape index (κ3) is 5.21. The fraction of sp³-hybridized carbons (Fsp3) is 0.615. The Bertz CT molecular complexity index is 1130. The molecular weight excluding hydrogens is 460 g/mol. The van der Waals surface area contributed by atoms with E-state index < -0.39 is 0 Å². The zero-order valence-corrected chi connectivity index (χ0v) is 21.5. The number of aliphatic hydroxyl groups is 1. The van der Waals surface area contributed by atoms with Crippen molar-refractivity contribution in [3.05, 3.63) is 34.5 Å². The lowest BCUT2D eigenvalue weighted by molar-refractivity contribution is 0.0712. The van der Waals surface area contributed by atoms with E-state index in [0.29, 0.717) is 29.0 Å². The molecule has 4 heterocycles. The average molecular weight is 497 g/mol. The van der Waals surface area contributed by atoms with Crippen molar-refractivity contribution in [1.82, 2.24) is 24.4 Å². The minimum atomic E-state index is -0.186. The van der Waals surface area contributed by atoms with Gasteiger partial charge in [-0.2, -0.15) is 4.98 Å². The van der Waals surface area contributed by atoms with Crippen LogP contribution < -0.4 is 5.32 Å². The van der Waals surface area contributed by atoms with Gasteiger partial charge in [-0.1, -0.05) is 13.3 Å². The molecule has 5 rings (SSSR count). The summed E-state index contributed by atoms with van der Waals surface area (Å²) in [5, 5.41) is 17.1. The molecule has 2 fully saturated rings. The Labute approximate surface area is 210 Å². The summed E-state index contributed by atoms with van der Waals surface area (Å²) < 4.78 is 2.35. The smallest absolute Gasteiger partial charge is 0.282 e.